The molecule has 0 aromatic heterocycles. The first-order valence-electron chi connectivity index (χ1n) is 40.7. The minimum Gasteiger partial charge on any atom is -0.305 e. The molecule has 1 aliphatic rings. The molecular formula is C100H160ClF3N2O11. The lowest BCUT2D eigenvalue weighted by Gasteiger charge is -2.27. The zero-order valence-corrected chi connectivity index (χ0v) is 78.2. The molecule has 13 nitrogen and oxygen atoms in total. The minimum atomic E-state index is -4.58. The van der Waals surface area contributed by atoms with Gasteiger partial charge in [-0.05, 0) is 117 Å². The maximum atomic E-state index is 11.7. The van der Waals surface area contributed by atoms with Crippen LogP contribution in [0.1, 0.15) is 257 Å². The Bertz CT molecular complexity index is 3370. The Balaban J connectivity index is -0.000000157. The highest BCUT2D eigenvalue weighted by molar-refractivity contribution is 6.42. The standard InChI is InChI=1S/C13H16O.C12H21NO.C12H14O.C9H17NO.C9H16O.3C8H14O.C7H9F3O.C7H12O.C6H9ClO.CH4/c1-10(2)13(14)11(3)9-12-7-5-4-6-8-12;1-10(2)12(14)11(3)9-13-7-5-4-6-8-13;1-9(2)12(13)10(3)11-7-5-4-6-8-11;1-7(2)9(11)8(3)6-10(4)5;1-5-6-8(4)9(10)7(2)3;3*1-5-7(4)8(9)6(2)3;1-4(2)6(11)5(3)7(8,9)10;1-5(2)7(8)6(3)4;1-4(2)6(8)5(3)7;/h4-8,10H,3,9H2,1-2H3;10H,3-9H2,1-2H3;4-9H,3H2,1-2H3;7H,3,6H2,1-2,4-5H3;7H,4-6H2,1-3H3;3*6H,4-5H2,1-3H3;4H,3H2,1-2H3;6H,1H2,2-4H3;4H,3H2,1-2H3;1H4. The van der Waals surface area contributed by atoms with Gasteiger partial charge in [0.05, 0.1) is 10.6 Å². The van der Waals surface area contributed by atoms with Crippen molar-refractivity contribution in [1.82, 2.24) is 9.80 Å². The highest BCUT2D eigenvalue weighted by Gasteiger charge is 2.37. The van der Waals surface area contributed by atoms with Gasteiger partial charge in [0.25, 0.3) is 0 Å². The number of likely N-dealkylation sites (tertiary alicyclic amines) is 1. The molecule has 2 aromatic carbocycles. The van der Waals surface area contributed by atoms with Gasteiger partial charge in [-0.1, -0.05) is 345 Å². The van der Waals surface area contributed by atoms with Crippen LogP contribution in [-0.4, -0.2) is 120 Å². The van der Waals surface area contributed by atoms with E-state index in [0.29, 0.717) is 35.3 Å². The van der Waals surface area contributed by atoms with E-state index in [2.05, 4.69) is 84.2 Å². The molecule has 0 atom stereocenters. The number of allylic oxidation sites excluding steroid dienone is 9. The quantitative estimate of drug-likeness (QED) is 0.0601. The SMILES string of the molecule is C.C=C(C(=O)C(C)C)C(F)(F)F.C=C(C(=O)C(C)C)c1ccccc1.C=C(C)C(=O)C(C)C.C=C(CC)C(=O)C(C)C.C=C(CC)C(=O)C(C)C.C=C(CC)C(=O)C(C)C.C=C(CCC)C(=O)C(C)C.C=C(CN(C)C)C(=O)C(C)C.C=C(CN1CCCCC1)C(=O)C(C)C.C=C(Cc1ccccc1)C(=O)C(C)C.C=C(Cl)C(=O)C(C)C. The fourth-order valence-electron chi connectivity index (χ4n) is 9.08. The van der Waals surface area contributed by atoms with E-state index in [1.165, 1.54) is 33.1 Å². The van der Waals surface area contributed by atoms with Crippen LogP contribution in [0, 0.1) is 65.1 Å². The van der Waals surface area contributed by atoms with Crippen molar-refractivity contribution in [1.29, 1.82) is 0 Å². The second kappa shape index (κ2) is 70.9. The molecule has 3 rings (SSSR count). The van der Waals surface area contributed by atoms with Crippen LogP contribution in [0.3, 0.4) is 0 Å². The van der Waals surface area contributed by atoms with E-state index in [9.17, 15) is 65.9 Å². The van der Waals surface area contributed by atoms with Crippen LogP contribution in [0.15, 0.2) is 188 Å². The third-order valence-corrected chi connectivity index (χ3v) is 16.6. The van der Waals surface area contributed by atoms with Crippen molar-refractivity contribution in [3.05, 3.63) is 199 Å². The summed E-state index contributed by atoms with van der Waals surface area (Å²) in [7, 11) is 3.86. The van der Waals surface area contributed by atoms with E-state index in [4.69, 9.17) is 11.6 Å². The number of piperidine rings is 1. The molecule has 117 heavy (non-hydrogen) atoms. The minimum absolute atomic E-state index is 0. The number of alkyl halides is 3. The number of Topliss-reactive ketones (excluding diaryl/α,β-unsaturated/α-hetero) is 11. The molecule has 0 spiro atoms. The Kier molecular flexibility index (Phi) is 77.0. The number of nitrogens with zero attached hydrogens (tertiary/aromatic N) is 2. The summed E-state index contributed by atoms with van der Waals surface area (Å²) in [6.07, 6.45) is 4.13. The molecule has 1 aliphatic heterocycles. The van der Waals surface area contributed by atoms with Crippen LogP contribution in [0.5, 0.6) is 0 Å². The van der Waals surface area contributed by atoms with E-state index in [-0.39, 0.29) is 129 Å². The fourth-order valence-corrected chi connectivity index (χ4v) is 9.30. The van der Waals surface area contributed by atoms with Crippen LogP contribution < -0.4 is 0 Å². The molecule has 1 fully saturated rings. The third-order valence-electron chi connectivity index (χ3n) is 16.4. The van der Waals surface area contributed by atoms with Gasteiger partial charge >= 0.3 is 6.18 Å². The van der Waals surface area contributed by atoms with Crippen molar-refractivity contribution >= 4 is 80.8 Å². The molecule has 0 amide bonds. The second-order valence-electron chi connectivity index (χ2n) is 32.0. The van der Waals surface area contributed by atoms with Gasteiger partial charge in [0.1, 0.15) is 0 Å². The Labute approximate surface area is 715 Å². The third kappa shape index (κ3) is 66.5. The molecule has 664 valence electrons. The first-order valence-corrected chi connectivity index (χ1v) is 41.0. The number of carbonyl (C=O) groups is 11. The smallest absolute Gasteiger partial charge is 0.305 e. The molecule has 17 heteroatoms. The van der Waals surface area contributed by atoms with Crippen LogP contribution in [0.25, 0.3) is 5.57 Å². The summed E-state index contributed by atoms with van der Waals surface area (Å²) in [5.41, 5.74) is 7.23. The number of halogens is 4. The van der Waals surface area contributed by atoms with Crippen LogP contribution >= 0.6 is 11.6 Å². The zero-order valence-electron chi connectivity index (χ0n) is 77.5. The number of carbonyl (C=O) groups excluding carboxylic acids is 11. The lowest BCUT2D eigenvalue weighted by Crippen LogP contribution is -2.33. The van der Waals surface area contributed by atoms with Crippen molar-refractivity contribution in [2.24, 2.45) is 65.1 Å². The molecule has 1 saturated heterocycles. The van der Waals surface area contributed by atoms with Gasteiger partial charge < -0.3 is 4.90 Å². The Morgan fingerprint density at radius 3 is 0.897 bits per heavy atom. The van der Waals surface area contributed by atoms with Crippen molar-refractivity contribution in [2.45, 2.75) is 258 Å². The predicted octanol–water partition coefficient (Wildman–Crippen LogP) is 25.3. The van der Waals surface area contributed by atoms with Crippen LogP contribution in [0.2, 0.25) is 0 Å². The summed E-state index contributed by atoms with van der Waals surface area (Å²) in [6, 6.07) is 19.5. The van der Waals surface area contributed by atoms with Gasteiger partial charge in [-0.2, -0.15) is 13.2 Å². The number of ketones is 11. The molecule has 0 radical (unpaired) electrons. The maximum absolute atomic E-state index is 11.7. The van der Waals surface area contributed by atoms with Crippen molar-refractivity contribution in [3.8, 4) is 0 Å². The Hall–Kier alpha value is -8.05. The number of likely N-dealkylation sites (N-methyl/N-ethyl adjacent to an activating group) is 1. The number of hydrogen-bond acceptors (Lipinski definition) is 13. The van der Waals surface area contributed by atoms with Crippen LogP contribution in [0.4, 0.5) is 13.2 Å². The van der Waals surface area contributed by atoms with E-state index in [1.54, 1.807) is 20.8 Å². The first-order chi connectivity index (χ1) is 53.0. The summed E-state index contributed by atoms with van der Waals surface area (Å²) in [5.74, 6) is 0.675. The van der Waals surface area contributed by atoms with Crippen molar-refractivity contribution in [3.63, 3.8) is 0 Å². The molecule has 0 saturated carbocycles. The van der Waals surface area contributed by atoms with Gasteiger partial charge in [0.2, 0.25) is 0 Å². The lowest BCUT2D eigenvalue weighted by molar-refractivity contribution is -0.131. The molecular weight excluding hydrogens is 1500 g/mol. The topological polar surface area (TPSA) is 194 Å². The van der Waals surface area contributed by atoms with E-state index >= 15 is 0 Å². The van der Waals surface area contributed by atoms with E-state index < -0.39 is 23.5 Å². The molecule has 0 bridgehead atoms. The number of rotatable bonds is 34. The van der Waals surface area contributed by atoms with Gasteiger partial charge in [0.15, 0.2) is 63.6 Å². The average molecular weight is 1660 g/mol. The summed E-state index contributed by atoms with van der Waals surface area (Å²) in [4.78, 5) is 126. The summed E-state index contributed by atoms with van der Waals surface area (Å²) in [6.45, 7) is 93.2. The number of benzene rings is 2. The van der Waals surface area contributed by atoms with E-state index in [0.717, 1.165) is 90.7 Å². The van der Waals surface area contributed by atoms with Gasteiger partial charge in [-0.25, -0.2) is 0 Å². The monoisotopic (exact) mass is 1660 g/mol. The maximum Gasteiger partial charge on any atom is 0.419 e. The first kappa shape index (κ1) is 127. The largest absolute Gasteiger partial charge is 0.419 e. The zero-order chi connectivity index (χ0) is 93.1. The fraction of sp³-hybridized carbons (Fsp3) is 0.550. The highest BCUT2D eigenvalue weighted by atomic mass is 35.5. The normalized spacial score (nSPS) is 11.1. The van der Waals surface area contributed by atoms with Gasteiger partial charge in [0, 0.05) is 101 Å². The second-order valence-corrected chi connectivity index (χ2v) is 32.4. The summed E-state index contributed by atoms with van der Waals surface area (Å²) < 4.78 is 35.2. The highest BCUT2D eigenvalue weighted by Crippen LogP contribution is 2.27. The predicted molar refractivity (Wildman–Crippen MR) is 494 cm³/mol. The lowest BCUT2D eigenvalue weighted by atomic mass is 9.96. The van der Waals surface area contributed by atoms with E-state index in [1.807, 2.05) is 225 Å². The molecule has 0 unspecified atom stereocenters. The number of hydrogen-bond donors (Lipinski definition) is 0. The van der Waals surface area contributed by atoms with Gasteiger partial charge in [-0.3, -0.25) is 57.6 Å². The molecule has 2 aromatic rings. The summed E-state index contributed by atoms with van der Waals surface area (Å²) >= 11 is 5.28. The summed E-state index contributed by atoms with van der Waals surface area (Å²) in [5, 5.41) is 0.125. The average Bonchev–Trinajstić information content (AvgIpc) is 0.876. The molecule has 0 N–H and O–H groups in total. The van der Waals surface area contributed by atoms with Gasteiger partial charge in [-0.15, -0.1) is 0 Å². The molecule has 1 heterocycles. The molecule has 0 aliphatic carbocycles. The Morgan fingerprint density at radius 2 is 0.667 bits per heavy atom. The van der Waals surface area contributed by atoms with Crippen LogP contribution in [-0.2, 0) is 59.2 Å². The van der Waals surface area contributed by atoms with Crippen molar-refractivity contribution in [2.75, 3.05) is 40.3 Å². The van der Waals surface area contributed by atoms with Crippen molar-refractivity contribution < 1.29 is 65.9 Å². The Morgan fingerprint density at radius 1 is 0.385 bits per heavy atom.